The number of benzene rings is 2. The molecule has 0 aliphatic heterocycles. The molecule has 1 unspecified atom stereocenters. The number of hydrogen-bond acceptors (Lipinski definition) is 5. The van der Waals surface area contributed by atoms with Crippen LogP contribution in [0.2, 0.25) is 0 Å². The molecule has 5 heteroatoms. The molecule has 0 aliphatic rings. The molecule has 3 rings (SSSR count). The van der Waals surface area contributed by atoms with E-state index in [2.05, 4.69) is 38.6 Å². The molecule has 0 N–H and O–H groups in total. The first-order valence-electron chi connectivity index (χ1n) is 16.1. The second-order valence-electron chi connectivity index (χ2n) is 11.5. The van der Waals surface area contributed by atoms with E-state index in [4.69, 9.17) is 13.9 Å². The first-order valence-corrected chi connectivity index (χ1v) is 16.1. The Bertz CT molecular complexity index is 1320. The van der Waals surface area contributed by atoms with Crippen LogP contribution in [0.4, 0.5) is 0 Å². The highest BCUT2D eigenvalue weighted by atomic mass is 16.5. The lowest BCUT2D eigenvalue weighted by Gasteiger charge is -2.16. The number of rotatable bonds is 20. The monoisotopic (exact) mass is 574 g/mol. The minimum absolute atomic E-state index is 0.297. The number of fused-ring (bicyclic) bond motifs is 1. The van der Waals surface area contributed by atoms with Crippen LogP contribution in [0.5, 0.6) is 5.75 Å². The first-order chi connectivity index (χ1) is 20.4. The summed E-state index contributed by atoms with van der Waals surface area (Å²) in [5.74, 6) is 0.945. The summed E-state index contributed by atoms with van der Waals surface area (Å²) >= 11 is 0. The minimum Gasteiger partial charge on any atom is -0.493 e. The SMILES string of the molecule is C=C(C)C(=O)OCCCCCCCCCCOc1ccc2cc(-c3cccc(C(CC)CCCCC)c3)c(=O)oc2c1. The van der Waals surface area contributed by atoms with E-state index in [-0.39, 0.29) is 11.6 Å². The third-order valence-electron chi connectivity index (χ3n) is 7.91. The largest absolute Gasteiger partial charge is 0.493 e. The van der Waals surface area contributed by atoms with Crippen LogP contribution >= 0.6 is 0 Å². The number of ether oxygens (including phenoxy) is 2. The van der Waals surface area contributed by atoms with E-state index < -0.39 is 0 Å². The number of unbranched alkanes of at least 4 members (excludes halogenated alkanes) is 9. The standard InChI is InChI=1S/C37H50O5/c1-5-7-14-18-29(6-2)30-19-17-20-31(25-30)34-26-32-21-22-33(27-35(32)42-37(34)39)40-23-15-12-10-8-9-11-13-16-24-41-36(38)28(3)4/h17,19-22,25-27,29H,3,5-16,18,23-24H2,1-2,4H3. The van der Waals surface area contributed by atoms with Crippen molar-refractivity contribution in [3.8, 4) is 16.9 Å². The van der Waals surface area contributed by atoms with Crippen LogP contribution in [0.15, 0.2) is 69.9 Å². The maximum absolute atomic E-state index is 13.0. The van der Waals surface area contributed by atoms with Crippen LogP contribution in [0.1, 0.15) is 116 Å². The van der Waals surface area contributed by atoms with Crippen molar-refractivity contribution in [2.45, 2.75) is 110 Å². The van der Waals surface area contributed by atoms with Crippen LogP contribution in [0.3, 0.4) is 0 Å². The van der Waals surface area contributed by atoms with E-state index in [9.17, 15) is 9.59 Å². The van der Waals surface area contributed by atoms with Gasteiger partial charge < -0.3 is 13.9 Å². The Kier molecular flexibility index (Phi) is 14.4. The van der Waals surface area contributed by atoms with Crippen LogP contribution in [0.25, 0.3) is 22.1 Å². The Hall–Kier alpha value is -3.34. The zero-order valence-corrected chi connectivity index (χ0v) is 26.1. The van der Waals surface area contributed by atoms with Crippen LogP contribution in [0, 0.1) is 0 Å². The molecule has 1 aromatic heterocycles. The Balaban J connectivity index is 1.43. The Morgan fingerprint density at radius 1 is 0.857 bits per heavy atom. The van der Waals surface area contributed by atoms with Gasteiger partial charge in [-0.15, -0.1) is 0 Å². The fourth-order valence-electron chi connectivity index (χ4n) is 5.33. The summed E-state index contributed by atoms with van der Waals surface area (Å²) in [5.41, 5.74) is 3.51. The molecule has 1 heterocycles. The maximum atomic E-state index is 13.0. The molecule has 0 spiro atoms. The fourth-order valence-corrected chi connectivity index (χ4v) is 5.33. The molecule has 0 saturated heterocycles. The molecule has 0 radical (unpaired) electrons. The van der Waals surface area contributed by atoms with Gasteiger partial charge in [0.2, 0.25) is 0 Å². The summed E-state index contributed by atoms with van der Waals surface area (Å²) in [6, 6.07) is 16.1. The highest BCUT2D eigenvalue weighted by Gasteiger charge is 2.13. The topological polar surface area (TPSA) is 65.7 Å². The molecule has 228 valence electrons. The van der Waals surface area contributed by atoms with Gasteiger partial charge in [0.05, 0.1) is 18.8 Å². The lowest BCUT2D eigenvalue weighted by atomic mass is 9.89. The van der Waals surface area contributed by atoms with Crippen molar-refractivity contribution in [1.82, 2.24) is 0 Å². The van der Waals surface area contributed by atoms with E-state index in [0.717, 1.165) is 55.2 Å². The van der Waals surface area contributed by atoms with Crippen molar-refractivity contribution in [2.24, 2.45) is 0 Å². The quantitative estimate of drug-likeness (QED) is 0.0581. The van der Waals surface area contributed by atoms with Gasteiger partial charge in [0, 0.05) is 17.0 Å². The molecule has 1 atom stereocenters. The second-order valence-corrected chi connectivity index (χ2v) is 11.5. The zero-order chi connectivity index (χ0) is 30.2. The number of hydrogen-bond donors (Lipinski definition) is 0. The van der Waals surface area contributed by atoms with Crippen molar-refractivity contribution in [3.63, 3.8) is 0 Å². The molecule has 0 saturated carbocycles. The average Bonchev–Trinajstić information content (AvgIpc) is 2.99. The summed E-state index contributed by atoms with van der Waals surface area (Å²) in [6.07, 6.45) is 14.9. The van der Waals surface area contributed by atoms with Crippen molar-refractivity contribution in [2.75, 3.05) is 13.2 Å². The molecule has 2 aromatic carbocycles. The van der Waals surface area contributed by atoms with E-state index in [1.165, 1.54) is 50.5 Å². The summed E-state index contributed by atoms with van der Waals surface area (Å²) < 4.78 is 16.8. The van der Waals surface area contributed by atoms with E-state index in [0.29, 0.717) is 35.9 Å². The molecular weight excluding hydrogens is 524 g/mol. The van der Waals surface area contributed by atoms with Gasteiger partial charge in [-0.3, -0.25) is 0 Å². The molecule has 42 heavy (non-hydrogen) atoms. The van der Waals surface area contributed by atoms with Gasteiger partial charge >= 0.3 is 11.6 Å². The van der Waals surface area contributed by atoms with Crippen molar-refractivity contribution >= 4 is 16.9 Å². The molecule has 0 aliphatic carbocycles. The lowest BCUT2D eigenvalue weighted by molar-refractivity contribution is -0.139. The summed E-state index contributed by atoms with van der Waals surface area (Å²) in [4.78, 5) is 24.3. The second kappa shape index (κ2) is 18.3. The summed E-state index contributed by atoms with van der Waals surface area (Å²) in [6.45, 7) is 10.9. The van der Waals surface area contributed by atoms with Gasteiger partial charge in [-0.1, -0.05) is 102 Å². The van der Waals surface area contributed by atoms with Crippen molar-refractivity contribution in [3.05, 3.63) is 76.7 Å². The number of carbonyl (C=O) groups is 1. The minimum atomic E-state index is -0.316. The fraction of sp³-hybridized carbons (Fsp3) is 0.514. The molecule has 5 nitrogen and oxygen atoms in total. The van der Waals surface area contributed by atoms with E-state index >= 15 is 0 Å². The molecule has 0 fully saturated rings. The van der Waals surface area contributed by atoms with E-state index in [1.807, 2.05) is 30.3 Å². The van der Waals surface area contributed by atoms with Gasteiger partial charge in [0.1, 0.15) is 11.3 Å². The Labute approximate surface area is 252 Å². The van der Waals surface area contributed by atoms with Crippen LogP contribution < -0.4 is 10.4 Å². The van der Waals surface area contributed by atoms with Gasteiger partial charge in [0.25, 0.3) is 0 Å². The van der Waals surface area contributed by atoms with Gasteiger partial charge in [0.15, 0.2) is 0 Å². The van der Waals surface area contributed by atoms with Gasteiger partial charge in [-0.25, -0.2) is 9.59 Å². The van der Waals surface area contributed by atoms with Crippen molar-refractivity contribution in [1.29, 1.82) is 0 Å². The smallest absolute Gasteiger partial charge is 0.344 e. The normalized spacial score (nSPS) is 11.9. The number of carbonyl (C=O) groups excluding carboxylic acids is 1. The first kappa shape index (κ1) is 33.2. The summed E-state index contributed by atoms with van der Waals surface area (Å²) in [5, 5.41) is 0.895. The zero-order valence-electron chi connectivity index (χ0n) is 26.1. The molecule has 0 bridgehead atoms. The van der Waals surface area contributed by atoms with E-state index in [1.54, 1.807) is 6.92 Å². The highest BCUT2D eigenvalue weighted by molar-refractivity contribution is 5.86. The third-order valence-corrected chi connectivity index (χ3v) is 7.91. The molecular formula is C37H50O5. The highest BCUT2D eigenvalue weighted by Crippen LogP contribution is 2.30. The Morgan fingerprint density at radius 3 is 2.26 bits per heavy atom. The lowest BCUT2D eigenvalue weighted by Crippen LogP contribution is -2.05. The predicted molar refractivity (Wildman–Crippen MR) is 173 cm³/mol. The average molecular weight is 575 g/mol. The third kappa shape index (κ3) is 10.8. The van der Waals surface area contributed by atoms with Crippen LogP contribution in [-0.2, 0) is 9.53 Å². The maximum Gasteiger partial charge on any atom is 0.344 e. The van der Waals surface area contributed by atoms with Crippen LogP contribution in [-0.4, -0.2) is 19.2 Å². The molecule has 3 aromatic rings. The Morgan fingerprint density at radius 2 is 1.57 bits per heavy atom. The molecule has 0 amide bonds. The number of esters is 1. The van der Waals surface area contributed by atoms with Crippen molar-refractivity contribution < 1.29 is 18.7 Å². The summed E-state index contributed by atoms with van der Waals surface area (Å²) in [7, 11) is 0. The predicted octanol–water partition coefficient (Wildman–Crippen LogP) is 10.2. The van der Waals surface area contributed by atoms with Gasteiger partial charge in [-0.2, -0.15) is 0 Å². The van der Waals surface area contributed by atoms with Gasteiger partial charge in [-0.05, 0) is 67.9 Å².